The number of anilines is 1. The Bertz CT molecular complexity index is 931. The summed E-state index contributed by atoms with van der Waals surface area (Å²) in [5, 5.41) is 0. The molecule has 2 aromatic rings. The lowest BCUT2D eigenvalue weighted by atomic mass is 10.2. The van der Waals surface area contributed by atoms with Crippen LogP contribution in [0.3, 0.4) is 0 Å². The predicted octanol–water partition coefficient (Wildman–Crippen LogP) is 3.27. The molecule has 1 saturated heterocycles. The minimum Gasteiger partial charge on any atom is -0.378 e. The largest absolute Gasteiger partial charge is 0.378 e. The van der Waals surface area contributed by atoms with Gasteiger partial charge in [0.05, 0.1) is 18.1 Å². The van der Waals surface area contributed by atoms with Gasteiger partial charge in [0.25, 0.3) is 21.7 Å². The normalized spacial score (nSPS) is 14.9. The van der Waals surface area contributed by atoms with E-state index in [0.717, 1.165) is 0 Å². The van der Waals surface area contributed by atoms with Gasteiger partial charge < -0.3 is 9.64 Å². The van der Waals surface area contributed by atoms with E-state index in [1.54, 1.807) is 11.0 Å². The van der Waals surface area contributed by atoms with Crippen LogP contribution >= 0.6 is 11.8 Å². The molecule has 1 N–H and O–H groups in total. The van der Waals surface area contributed by atoms with Gasteiger partial charge in [-0.2, -0.15) is 8.78 Å². The van der Waals surface area contributed by atoms with Gasteiger partial charge in [-0.25, -0.2) is 8.42 Å². The number of carbonyl (C=O) groups excluding carboxylic acids is 1. The minimum absolute atomic E-state index is 0.0577. The molecule has 0 saturated carbocycles. The first kappa shape index (κ1) is 20.6. The number of hydrogen-bond donors (Lipinski definition) is 1. The van der Waals surface area contributed by atoms with Crippen molar-refractivity contribution < 1.29 is 26.7 Å². The molecular weight excluding hydrogens is 410 g/mol. The van der Waals surface area contributed by atoms with Crippen LogP contribution in [0.5, 0.6) is 0 Å². The Morgan fingerprint density at radius 3 is 2.43 bits per heavy atom. The summed E-state index contributed by atoms with van der Waals surface area (Å²) in [6.07, 6.45) is 0. The number of hydrogen-bond acceptors (Lipinski definition) is 5. The zero-order chi connectivity index (χ0) is 20.1. The zero-order valence-electron chi connectivity index (χ0n) is 14.7. The van der Waals surface area contributed by atoms with Crippen molar-refractivity contribution in [1.82, 2.24) is 4.90 Å². The highest BCUT2D eigenvalue weighted by Gasteiger charge is 2.21. The van der Waals surface area contributed by atoms with Crippen LogP contribution in [0.1, 0.15) is 10.4 Å². The lowest BCUT2D eigenvalue weighted by Gasteiger charge is -2.27. The second kappa shape index (κ2) is 8.89. The Balaban J connectivity index is 1.75. The van der Waals surface area contributed by atoms with E-state index in [1.807, 2.05) is 0 Å². The molecule has 0 aliphatic carbocycles. The van der Waals surface area contributed by atoms with Gasteiger partial charge in [0, 0.05) is 29.2 Å². The molecule has 150 valence electrons. The molecule has 0 bridgehead atoms. The molecule has 3 rings (SSSR count). The number of thioether (sulfide) groups is 1. The number of rotatable bonds is 6. The lowest BCUT2D eigenvalue weighted by molar-refractivity contribution is 0.0302. The molecule has 10 heteroatoms. The van der Waals surface area contributed by atoms with Crippen LogP contribution in [0.25, 0.3) is 0 Å². The summed E-state index contributed by atoms with van der Waals surface area (Å²) in [4.78, 5) is 14.4. The molecule has 2 aromatic carbocycles. The minimum atomic E-state index is -3.94. The van der Waals surface area contributed by atoms with Crippen LogP contribution in [0.2, 0.25) is 0 Å². The fourth-order valence-electron chi connectivity index (χ4n) is 2.66. The maximum absolute atomic E-state index is 12.6. The van der Waals surface area contributed by atoms with E-state index in [2.05, 4.69) is 4.72 Å². The number of nitrogens with zero attached hydrogens (tertiary/aromatic N) is 1. The number of sulfonamides is 1. The molecule has 1 amide bonds. The summed E-state index contributed by atoms with van der Waals surface area (Å²) < 4.78 is 57.6. The van der Waals surface area contributed by atoms with Crippen molar-refractivity contribution >= 4 is 33.4 Å². The van der Waals surface area contributed by atoms with Crippen LogP contribution in [-0.2, 0) is 14.8 Å². The van der Waals surface area contributed by atoms with Crippen molar-refractivity contribution in [2.75, 3.05) is 31.0 Å². The van der Waals surface area contributed by atoms with E-state index < -0.39 is 15.8 Å². The monoisotopic (exact) mass is 428 g/mol. The Morgan fingerprint density at radius 2 is 1.79 bits per heavy atom. The number of benzene rings is 2. The van der Waals surface area contributed by atoms with Gasteiger partial charge in [0.15, 0.2) is 0 Å². The number of halogens is 2. The molecule has 0 unspecified atom stereocenters. The number of ether oxygens (including phenoxy) is 1. The molecular formula is C18H18F2N2O4S2. The predicted molar refractivity (Wildman–Crippen MR) is 102 cm³/mol. The summed E-state index contributed by atoms with van der Waals surface area (Å²) in [6, 6.07) is 11.4. The first-order chi connectivity index (χ1) is 13.3. The molecule has 0 spiro atoms. The summed E-state index contributed by atoms with van der Waals surface area (Å²) in [7, 11) is -3.94. The number of carbonyl (C=O) groups is 1. The second-order valence-electron chi connectivity index (χ2n) is 5.94. The highest BCUT2D eigenvalue weighted by molar-refractivity contribution is 7.99. The first-order valence-electron chi connectivity index (χ1n) is 8.40. The maximum atomic E-state index is 12.6. The summed E-state index contributed by atoms with van der Waals surface area (Å²) in [5.41, 5.74) is 0.511. The van der Waals surface area contributed by atoms with Crippen LogP contribution in [-0.4, -0.2) is 51.3 Å². The van der Waals surface area contributed by atoms with Gasteiger partial charge >= 0.3 is 0 Å². The number of alkyl halides is 2. The number of nitrogens with one attached hydrogen (secondary N) is 1. The van der Waals surface area contributed by atoms with Gasteiger partial charge in [-0.05, 0) is 42.5 Å². The Kier molecular flexibility index (Phi) is 6.53. The average molecular weight is 428 g/mol. The number of amides is 1. The lowest BCUT2D eigenvalue weighted by Crippen LogP contribution is -2.40. The molecule has 1 aliphatic rings. The number of morpholine rings is 1. The van der Waals surface area contributed by atoms with Crippen LogP contribution in [0, 0.1) is 0 Å². The van der Waals surface area contributed by atoms with Crippen molar-refractivity contribution in [3.05, 3.63) is 54.1 Å². The first-order valence-corrected chi connectivity index (χ1v) is 10.8. The molecule has 0 atom stereocenters. The molecule has 6 nitrogen and oxygen atoms in total. The molecule has 0 radical (unpaired) electrons. The van der Waals surface area contributed by atoms with Crippen molar-refractivity contribution in [2.24, 2.45) is 0 Å². The van der Waals surface area contributed by atoms with Crippen molar-refractivity contribution in [3.8, 4) is 0 Å². The third kappa shape index (κ3) is 5.21. The molecule has 1 heterocycles. The standard InChI is InChI=1S/C18H18F2N2O4S2/c19-18(20)27-15-6-4-14(5-7-15)21-28(24,25)16-3-1-2-13(12-16)17(23)22-8-10-26-11-9-22/h1-7,12,18,21H,8-11H2. The highest BCUT2D eigenvalue weighted by atomic mass is 32.2. The second-order valence-corrected chi connectivity index (χ2v) is 8.69. The summed E-state index contributed by atoms with van der Waals surface area (Å²) in [6.45, 7) is 1.81. The fourth-order valence-corrected chi connectivity index (χ4v) is 4.27. The van der Waals surface area contributed by atoms with Gasteiger partial charge in [0.1, 0.15) is 0 Å². The Morgan fingerprint density at radius 1 is 1.11 bits per heavy atom. The van der Waals surface area contributed by atoms with Gasteiger partial charge in [0.2, 0.25) is 0 Å². The summed E-state index contributed by atoms with van der Waals surface area (Å²) in [5.74, 6) is -2.80. The smallest absolute Gasteiger partial charge is 0.288 e. The highest BCUT2D eigenvalue weighted by Crippen LogP contribution is 2.27. The SMILES string of the molecule is O=C(c1cccc(S(=O)(=O)Nc2ccc(SC(F)F)cc2)c1)N1CCOCC1. The molecule has 28 heavy (non-hydrogen) atoms. The summed E-state index contributed by atoms with van der Waals surface area (Å²) >= 11 is 0.379. The van der Waals surface area contributed by atoms with Crippen LogP contribution < -0.4 is 4.72 Å². The topological polar surface area (TPSA) is 75.7 Å². The average Bonchev–Trinajstić information content (AvgIpc) is 2.69. The zero-order valence-corrected chi connectivity index (χ0v) is 16.3. The third-order valence-electron chi connectivity index (χ3n) is 4.02. The van der Waals surface area contributed by atoms with E-state index >= 15 is 0 Å². The van der Waals surface area contributed by atoms with E-state index in [-0.39, 0.29) is 22.1 Å². The van der Waals surface area contributed by atoms with Gasteiger partial charge in [-0.1, -0.05) is 17.8 Å². The van der Waals surface area contributed by atoms with Crippen molar-refractivity contribution in [3.63, 3.8) is 0 Å². The van der Waals surface area contributed by atoms with E-state index in [9.17, 15) is 22.0 Å². The fraction of sp³-hybridized carbons (Fsp3) is 0.278. The molecule has 0 aromatic heterocycles. The van der Waals surface area contributed by atoms with Crippen molar-refractivity contribution in [2.45, 2.75) is 15.5 Å². The van der Waals surface area contributed by atoms with Gasteiger partial charge in [-0.3, -0.25) is 9.52 Å². The van der Waals surface area contributed by atoms with Crippen LogP contribution in [0.4, 0.5) is 14.5 Å². The van der Waals surface area contributed by atoms with E-state index in [4.69, 9.17) is 4.74 Å². The maximum Gasteiger partial charge on any atom is 0.288 e. The van der Waals surface area contributed by atoms with Gasteiger partial charge in [-0.15, -0.1) is 0 Å². The third-order valence-corrected chi connectivity index (χ3v) is 6.12. The van der Waals surface area contributed by atoms with E-state index in [1.165, 1.54) is 42.5 Å². The van der Waals surface area contributed by atoms with Crippen LogP contribution in [0.15, 0.2) is 58.3 Å². The quantitative estimate of drug-likeness (QED) is 0.715. The Labute approximate surface area is 165 Å². The molecule has 1 fully saturated rings. The van der Waals surface area contributed by atoms with E-state index in [0.29, 0.717) is 43.0 Å². The van der Waals surface area contributed by atoms with Crippen molar-refractivity contribution in [1.29, 1.82) is 0 Å². The molecule has 1 aliphatic heterocycles. The Hall–Kier alpha value is -2.17.